The van der Waals surface area contributed by atoms with Gasteiger partial charge in [-0.2, -0.15) is 14.6 Å². The number of aryl methyl sites for hydroxylation is 1. The summed E-state index contributed by atoms with van der Waals surface area (Å²) in [5.41, 5.74) is 0.828. The monoisotopic (exact) mass is 342 g/mol. The summed E-state index contributed by atoms with van der Waals surface area (Å²) in [5.74, 6) is 3.92. The van der Waals surface area contributed by atoms with Gasteiger partial charge in [0.1, 0.15) is 23.8 Å². The van der Waals surface area contributed by atoms with Crippen LogP contribution in [0.3, 0.4) is 0 Å². The van der Waals surface area contributed by atoms with Crippen molar-refractivity contribution in [3.8, 4) is 0 Å². The van der Waals surface area contributed by atoms with Crippen molar-refractivity contribution in [1.29, 1.82) is 0 Å². The van der Waals surface area contributed by atoms with E-state index in [0.29, 0.717) is 18.3 Å². The maximum Gasteiger partial charge on any atom is 0.254 e. The lowest BCUT2D eigenvalue weighted by Gasteiger charge is -2.26. The second-order valence-corrected chi connectivity index (χ2v) is 6.66. The topological polar surface area (TPSA) is 95.0 Å². The number of fused-ring (bicyclic) bond motifs is 2. The van der Waals surface area contributed by atoms with Crippen LogP contribution in [0.5, 0.6) is 0 Å². The highest BCUT2D eigenvalue weighted by Gasteiger charge is 2.24. The third-order valence-corrected chi connectivity index (χ3v) is 4.44. The van der Waals surface area contributed by atoms with Gasteiger partial charge in [0.25, 0.3) is 5.78 Å². The molecule has 0 fully saturated rings. The second-order valence-electron chi connectivity index (χ2n) is 6.66. The molecule has 0 radical (unpaired) electrons. The number of rotatable bonds is 5. The zero-order valence-corrected chi connectivity index (χ0v) is 14.7. The van der Waals surface area contributed by atoms with Gasteiger partial charge in [0.2, 0.25) is 0 Å². The Balaban J connectivity index is 1.61. The number of methoxy groups -OCH3 is 1. The first-order chi connectivity index (χ1) is 12.2. The molecule has 132 valence electrons. The van der Waals surface area contributed by atoms with E-state index in [0.717, 1.165) is 42.5 Å². The van der Waals surface area contributed by atoms with Gasteiger partial charge < -0.3 is 14.6 Å². The van der Waals surface area contributed by atoms with Gasteiger partial charge >= 0.3 is 0 Å². The standard InChI is InChI=1S/C16H22N8O/c1-10(2)15-22-21-13-5-4-11(7-23(13)15)19-14-6-12(8-25-3)20-16-17-9-18-24(14)16/h6,9-11,19H,4-5,7-8H2,1-3H3/t11-/m0/s1. The normalized spacial score (nSPS) is 17.2. The molecule has 0 aromatic carbocycles. The molecule has 1 atom stereocenters. The molecular formula is C16H22N8O. The highest BCUT2D eigenvalue weighted by Crippen LogP contribution is 2.22. The molecule has 0 spiro atoms. The van der Waals surface area contributed by atoms with Crippen molar-refractivity contribution in [2.24, 2.45) is 0 Å². The fourth-order valence-electron chi connectivity index (χ4n) is 3.29. The van der Waals surface area contributed by atoms with Crippen LogP contribution in [-0.2, 0) is 24.3 Å². The highest BCUT2D eigenvalue weighted by molar-refractivity contribution is 5.45. The van der Waals surface area contributed by atoms with Gasteiger partial charge in [-0.3, -0.25) is 0 Å². The van der Waals surface area contributed by atoms with Crippen LogP contribution in [0.2, 0.25) is 0 Å². The average molecular weight is 342 g/mol. The van der Waals surface area contributed by atoms with Crippen LogP contribution in [0, 0.1) is 0 Å². The first kappa shape index (κ1) is 15.9. The van der Waals surface area contributed by atoms with Crippen LogP contribution >= 0.6 is 0 Å². The Kier molecular flexibility index (Phi) is 4.08. The molecule has 0 saturated carbocycles. The minimum atomic E-state index is 0.270. The average Bonchev–Trinajstić information content (AvgIpc) is 3.21. The van der Waals surface area contributed by atoms with E-state index >= 15 is 0 Å². The van der Waals surface area contributed by atoms with E-state index in [1.165, 1.54) is 6.33 Å². The lowest BCUT2D eigenvalue weighted by molar-refractivity contribution is 0.181. The minimum absolute atomic E-state index is 0.270. The Morgan fingerprint density at radius 3 is 3.04 bits per heavy atom. The van der Waals surface area contributed by atoms with Crippen LogP contribution < -0.4 is 5.32 Å². The number of hydrogen-bond donors (Lipinski definition) is 1. The summed E-state index contributed by atoms with van der Waals surface area (Å²) in [6.45, 7) is 5.57. The van der Waals surface area contributed by atoms with Crippen LogP contribution in [0.4, 0.5) is 5.82 Å². The van der Waals surface area contributed by atoms with Gasteiger partial charge in [-0.25, -0.2) is 4.98 Å². The van der Waals surface area contributed by atoms with E-state index in [1.54, 1.807) is 11.6 Å². The summed E-state index contributed by atoms with van der Waals surface area (Å²) in [5, 5.41) is 16.5. The molecule has 4 rings (SSSR count). The summed E-state index contributed by atoms with van der Waals surface area (Å²) in [4.78, 5) is 8.64. The maximum atomic E-state index is 5.21. The van der Waals surface area contributed by atoms with Gasteiger partial charge in [-0.1, -0.05) is 13.8 Å². The lowest BCUT2D eigenvalue weighted by Crippen LogP contribution is -2.33. The van der Waals surface area contributed by atoms with Crippen molar-refractivity contribution < 1.29 is 4.74 Å². The molecule has 0 unspecified atom stereocenters. The van der Waals surface area contributed by atoms with Crippen molar-refractivity contribution in [3.63, 3.8) is 0 Å². The fourth-order valence-corrected chi connectivity index (χ4v) is 3.29. The third kappa shape index (κ3) is 2.95. The molecule has 1 aliphatic rings. The zero-order valence-electron chi connectivity index (χ0n) is 14.7. The quantitative estimate of drug-likeness (QED) is 0.749. The number of nitrogens with one attached hydrogen (secondary N) is 1. The summed E-state index contributed by atoms with van der Waals surface area (Å²) >= 11 is 0. The van der Waals surface area contributed by atoms with E-state index in [4.69, 9.17) is 4.74 Å². The zero-order chi connectivity index (χ0) is 17.4. The van der Waals surface area contributed by atoms with Crippen molar-refractivity contribution in [2.75, 3.05) is 12.4 Å². The fraction of sp³-hybridized carbons (Fsp3) is 0.562. The molecular weight excluding hydrogens is 320 g/mol. The summed E-state index contributed by atoms with van der Waals surface area (Å²) < 4.78 is 9.17. The highest BCUT2D eigenvalue weighted by atomic mass is 16.5. The number of hydrogen-bond acceptors (Lipinski definition) is 7. The molecule has 0 amide bonds. The van der Waals surface area contributed by atoms with Gasteiger partial charge in [-0.15, -0.1) is 10.2 Å². The van der Waals surface area contributed by atoms with Crippen molar-refractivity contribution in [2.45, 2.75) is 51.8 Å². The van der Waals surface area contributed by atoms with E-state index in [1.807, 2.05) is 6.07 Å². The summed E-state index contributed by atoms with van der Waals surface area (Å²) in [6.07, 6.45) is 3.42. The van der Waals surface area contributed by atoms with Gasteiger partial charge in [-0.05, 0) is 6.42 Å². The van der Waals surface area contributed by atoms with Crippen LogP contribution in [0.1, 0.15) is 43.5 Å². The molecule has 4 heterocycles. The Hall–Kier alpha value is -2.55. The summed E-state index contributed by atoms with van der Waals surface area (Å²) in [6, 6.07) is 2.24. The number of anilines is 1. The van der Waals surface area contributed by atoms with E-state index < -0.39 is 0 Å². The molecule has 1 aliphatic heterocycles. The first-order valence-corrected chi connectivity index (χ1v) is 8.53. The van der Waals surface area contributed by atoms with Gasteiger partial charge in [0.05, 0.1) is 12.3 Å². The molecule has 25 heavy (non-hydrogen) atoms. The van der Waals surface area contributed by atoms with Crippen LogP contribution in [0.25, 0.3) is 5.78 Å². The van der Waals surface area contributed by atoms with Crippen molar-refractivity contribution in [1.82, 2.24) is 34.3 Å². The number of ether oxygens (including phenoxy) is 1. The van der Waals surface area contributed by atoms with Gasteiger partial charge in [0, 0.05) is 38.1 Å². The van der Waals surface area contributed by atoms with Crippen LogP contribution in [0.15, 0.2) is 12.4 Å². The summed E-state index contributed by atoms with van der Waals surface area (Å²) in [7, 11) is 1.66. The van der Waals surface area contributed by atoms with E-state index in [-0.39, 0.29) is 6.04 Å². The first-order valence-electron chi connectivity index (χ1n) is 8.53. The second kappa shape index (κ2) is 6.40. The molecule has 9 nitrogen and oxygen atoms in total. The number of aromatic nitrogens is 7. The van der Waals surface area contributed by atoms with Crippen LogP contribution in [-0.4, -0.2) is 47.5 Å². The predicted octanol–water partition coefficient (Wildman–Crippen LogP) is 1.41. The van der Waals surface area contributed by atoms with E-state index in [9.17, 15) is 0 Å². The Bertz CT molecular complexity index is 884. The molecule has 3 aromatic rings. The largest absolute Gasteiger partial charge is 0.378 e. The Morgan fingerprint density at radius 1 is 1.36 bits per heavy atom. The molecule has 9 heteroatoms. The predicted molar refractivity (Wildman–Crippen MR) is 91.3 cm³/mol. The van der Waals surface area contributed by atoms with Gasteiger partial charge in [0.15, 0.2) is 0 Å². The maximum absolute atomic E-state index is 5.21. The van der Waals surface area contributed by atoms with Crippen molar-refractivity contribution >= 4 is 11.6 Å². The Labute approximate surface area is 145 Å². The smallest absolute Gasteiger partial charge is 0.254 e. The molecule has 1 N–H and O–H groups in total. The molecule has 0 bridgehead atoms. The SMILES string of the molecule is COCc1cc(N[C@H]2CCc3nnc(C(C)C)n3C2)n2ncnc2n1. The van der Waals surface area contributed by atoms with Crippen molar-refractivity contribution in [3.05, 3.63) is 29.7 Å². The molecule has 3 aromatic heterocycles. The molecule has 0 saturated heterocycles. The minimum Gasteiger partial charge on any atom is -0.378 e. The Morgan fingerprint density at radius 2 is 2.24 bits per heavy atom. The van der Waals surface area contributed by atoms with E-state index in [2.05, 4.69) is 49.0 Å². The molecule has 0 aliphatic carbocycles. The number of nitrogens with zero attached hydrogens (tertiary/aromatic N) is 7. The lowest BCUT2D eigenvalue weighted by atomic mass is 10.1. The third-order valence-electron chi connectivity index (χ3n) is 4.44.